The number of amides is 1. The highest BCUT2D eigenvalue weighted by atomic mass is 16.6. The van der Waals surface area contributed by atoms with Crippen molar-refractivity contribution in [1.82, 2.24) is 24.6 Å². The van der Waals surface area contributed by atoms with Crippen molar-refractivity contribution in [3.63, 3.8) is 0 Å². The van der Waals surface area contributed by atoms with E-state index in [1.54, 1.807) is 9.42 Å². The van der Waals surface area contributed by atoms with Gasteiger partial charge in [0.1, 0.15) is 5.60 Å². The molecule has 1 N–H and O–H groups in total. The molecule has 1 atom stereocenters. The average Bonchev–Trinajstić information content (AvgIpc) is 3.50. The molecule has 0 bridgehead atoms. The van der Waals surface area contributed by atoms with Crippen LogP contribution in [0.5, 0.6) is 0 Å². The maximum absolute atomic E-state index is 14.0. The van der Waals surface area contributed by atoms with Crippen LogP contribution in [0.3, 0.4) is 0 Å². The van der Waals surface area contributed by atoms with Gasteiger partial charge in [0.25, 0.3) is 0 Å². The maximum atomic E-state index is 14.0. The molecular formula is C29H37N7O3. The van der Waals surface area contributed by atoms with Gasteiger partial charge in [-0.15, -0.1) is 0 Å². The summed E-state index contributed by atoms with van der Waals surface area (Å²) in [6.07, 6.45) is 3.71. The number of aryl methyl sites for hydroxylation is 1. The molecule has 10 heteroatoms. The van der Waals surface area contributed by atoms with Crippen molar-refractivity contribution >= 4 is 34.5 Å². The Morgan fingerprint density at radius 2 is 1.95 bits per heavy atom. The molecule has 6 rings (SSSR count). The lowest BCUT2D eigenvalue weighted by Gasteiger charge is -2.35. The van der Waals surface area contributed by atoms with Crippen LogP contribution in [0.1, 0.15) is 63.8 Å². The Bertz CT molecular complexity index is 1510. The number of rotatable bonds is 4. The first-order valence-electron chi connectivity index (χ1n) is 13.9. The van der Waals surface area contributed by atoms with Gasteiger partial charge in [-0.05, 0) is 57.6 Å². The van der Waals surface area contributed by atoms with Gasteiger partial charge in [-0.2, -0.15) is 19.6 Å². The summed E-state index contributed by atoms with van der Waals surface area (Å²) in [5, 5.41) is 5.90. The van der Waals surface area contributed by atoms with Crippen molar-refractivity contribution in [3.8, 4) is 0 Å². The molecule has 1 saturated heterocycles. The minimum atomic E-state index is -0.664. The number of nitrogens with one attached hydrogen (secondary N) is 1. The van der Waals surface area contributed by atoms with E-state index in [4.69, 9.17) is 24.5 Å². The number of hydrogen-bond donors (Lipinski definition) is 1. The van der Waals surface area contributed by atoms with Gasteiger partial charge in [-0.25, -0.2) is 9.69 Å². The van der Waals surface area contributed by atoms with Crippen LogP contribution in [0.15, 0.2) is 30.5 Å². The van der Waals surface area contributed by atoms with Crippen molar-refractivity contribution in [2.24, 2.45) is 0 Å². The average molecular weight is 532 g/mol. The Kier molecular flexibility index (Phi) is 6.45. The first kappa shape index (κ1) is 25.6. The van der Waals surface area contributed by atoms with Crippen LogP contribution in [0.2, 0.25) is 0 Å². The third-order valence-electron chi connectivity index (χ3n) is 7.52. The van der Waals surface area contributed by atoms with E-state index in [0.717, 1.165) is 23.9 Å². The van der Waals surface area contributed by atoms with Gasteiger partial charge in [-0.1, -0.05) is 32.0 Å². The lowest BCUT2D eigenvalue weighted by Crippen LogP contribution is -2.48. The van der Waals surface area contributed by atoms with Gasteiger partial charge in [0.15, 0.2) is 5.65 Å². The molecule has 0 unspecified atom stereocenters. The molecule has 3 aromatic heterocycles. The number of benzene rings is 1. The zero-order chi connectivity index (χ0) is 27.3. The fourth-order valence-electron chi connectivity index (χ4n) is 5.61. The van der Waals surface area contributed by atoms with Crippen molar-refractivity contribution in [2.75, 3.05) is 36.1 Å². The van der Waals surface area contributed by atoms with E-state index in [9.17, 15) is 4.79 Å². The number of H-pyrrole nitrogens is 1. The monoisotopic (exact) mass is 531 g/mol. The lowest BCUT2D eigenvalue weighted by atomic mass is 9.90. The molecule has 1 aromatic carbocycles. The van der Waals surface area contributed by atoms with Crippen LogP contribution < -0.4 is 9.80 Å². The number of morpholine rings is 1. The smallest absolute Gasteiger partial charge is 0.417 e. The van der Waals surface area contributed by atoms with Crippen molar-refractivity contribution in [1.29, 1.82) is 0 Å². The Morgan fingerprint density at radius 3 is 2.69 bits per heavy atom. The van der Waals surface area contributed by atoms with Gasteiger partial charge in [0.05, 0.1) is 19.4 Å². The molecule has 4 aromatic rings. The van der Waals surface area contributed by atoms with E-state index in [-0.39, 0.29) is 12.0 Å². The predicted molar refractivity (Wildman–Crippen MR) is 151 cm³/mol. The van der Waals surface area contributed by atoms with E-state index >= 15 is 0 Å². The largest absolute Gasteiger partial charge is 0.443 e. The quantitative estimate of drug-likeness (QED) is 0.401. The number of anilines is 2. The fraction of sp³-hybridized carbons (Fsp3) is 0.517. The van der Waals surface area contributed by atoms with E-state index in [2.05, 4.69) is 41.9 Å². The van der Waals surface area contributed by atoms with Crippen molar-refractivity contribution < 1.29 is 14.3 Å². The SMILES string of the molecule is CC(C)c1cnn2c(N(C(=O)OC(C)(C)C)[C@@H]3CCc4[nH]c5ccccc5c4C3)nc(N3CCOCC3)nc12. The molecule has 0 spiro atoms. The molecule has 39 heavy (non-hydrogen) atoms. The van der Waals surface area contributed by atoms with Gasteiger partial charge < -0.3 is 19.4 Å². The second-order valence-electron chi connectivity index (χ2n) is 11.8. The second kappa shape index (κ2) is 9.82. The molecule has 0 radical (unpaired) electrons. The highest BCUT2D eigenvalue weighted by Gasteiger charge is 2.37. The third kappa shape index (κ3) is 4.82. The summed E-state index contributed by atoms with van der Waals surface area (Å²) in [6.45, 7) is 12.5. The Hall–Kier alpha value is -3.66. The van der Waals surface area contributed by atoms with Crippen LogP contribution in [0.4, 0.5) is 16.7 Å². The van der Waals surface area contributed by atoms with Crippen molar-refractivity contribution in [3.05, 3.63) is 47.3 Å². The molecule has 1 fully saturated rings. The summed E-state index contributed by atoms with van der Waals surface area (Å²) < 4.78 is 13.3. The van der Waals surface area contributed by atoms with Crippen LogP contribution in [0, 0.1) is 0 Å². The Morgan fingerprint density at radius 1 is 1.18 bits per heavy atom. The number of aromatic amines is 1. The summed E-state index contributed by atoms with van der Waals surface area (Å²) in [5.41, 5.74) is 4.67. The van der Waals surface area contributed by atoms with Crippen LogP contribution in [-0.4, -0.2) is 68.6 Å². The molecule has 2 aliphatic rings. The molecule has 10 nitrogen and oxygen atoms in total. The van der Waals surface area contributed by atoms with Crippen LogP contribution in [-0.2, 0) is 22.3 Å². The molecular weight excluding hydrogens is 494 g/mol. The maximum Gasteiger partial charge on any atom is 0.417 e. The number of hydrogen-bond acceptors (Lipinski definition) is 7. The third-order valence-corrected chi connectivity index (χ3v) is 7.52. The number of carbonyl (C=O) groups is 1. The van der Waals surface area contributed by atoms with Gasteiger partial charge in [0, 0.05) is 41.3 Å². The van der Waals surface area contributed by atoms with E-state index < -0.39 is 11.7 Å². The summed E-state index contributed by atoms with van der Waals surface area (Å²) in [4.78, 5) is 31.4. The van der Waals surface area contributed by atoms with Gasteiger partial charge >= 0.3 is 6.09 Å². The second-order valence-corrected chi connectivity index (χ2v) is 11.8. The lowest BCUT2D eigenvalue weighted by molar-refractivity contribution is 0.0558. The molecule has 1 aliphatic carbocycles. The molecule has 4 heterocycles. The van der Waals surface area contributed by atoms with E-state index in [1.165, 1.54) is 16.6 Å². The highest BCUT2D eigenvalue weighted by Crippen LogP contribution is 2.34. The molecule has 0 saturated carbocycles. The first-order chi connectivity index (χ1) is 18.7. The summed E-state index contributed by atoms with van der Waals surface area (Å²) in [6, 6.07) is 8.20. The number of para-hydroxylation sites is 1. The highest BCUT2D eigenvalue weighted by molar-refractivity contribution is 5.89. The minimum absolute atomic E-state index is 0.158. The van der Waals surface area contributed by atoms with Crippen molar-refractivity contribution in [2.45, 2.75) is 71.4 Å². The summed E-state index contributed by atoms with van der Waals surface area (Å²) >= 11 is 0. The molecule has 206 valence electrons. The Labute approximate surface area is 228 Å². The topological polar surface area (TPSA) is 101 Å². The normalized spacial score (nSPS) is 18.1. The molecule has 1 aliphatic heterocycles. The fourth-order valence-corrected chi connectivity index (χ4v) is 5.61. The number of fused-ring (bicyclic) bond motifs is 4. The number of carbonyl (C=O) groups excluding carboxylic acids is 1. The standard InChI is InChI=1S/C29H37N7O3/c1-18(2)22-17-30-36-25(22)32-26(34-12-14-38-15-13-34)33-27(36)35(28(37)39-29(3,4)5)19-10-11-24-21(16-19)20-8-6-7-9-23(20)31-24/h6-9,17-19,31H,10-16H2,1-5H3/t19-/m1/s1. The minimum Gasteiger partial charge on any atom is -0.443 e. The van der Waals surface area contributed by atoms with Crippen LogP contribution in [0.25, 0.3) is 16.6 Å². The zero-order valence-electron chi connectivity index (χ0n) is 23.4. The first-order valence-corrected chi connectivity index (χ1v) is 13.9. The Balaban J connectivity index is 1.50. The van der Waals surface area contributed by atoms with Gasteiger partial charge in [-0.3, -0.25) is 0 Å². The van der Waals surface area contributed by atoms with Crippen LogP contribution >= 0.6 is 0 Å². The number of ether oxygens (including phenoxy) is 2. The predicted octanol–water partition coefficient (Wildman–Crippen LogP) is 4.86. The molecule has 1 amide bonds. The summed E-state index contributed by atoms with van der Waals surface area (Å²) in [7, 11) is 0. The number of aromatic nitrogens is 5. The number of nitrogens with zero attached hydrogens (tertiary/aromatic N) is 6. The van der Waals surface area contributed by atoms with E-state index in [1.807, 2.05) is 33.0 Å². The summed E-state index contributed by atoms with van der Waals surface area (Å²) in [5.74, 6) is 1.23. The van der Waals surface area contributed by atoms with E-state index in [0.29, 0.717) is 50.3 Å². The van der Waals surface area contributed by atoms with Gasteiger partial charge in [0.2, 0.25) is 11.9 Å². The zero-order valence-corrected chi connectivity index (χ0v) is 23.4.